The predicted molar refractivity (Wildman–Crippen MR) is 118 cm³/mol. The molecule has 0 radical (unpaired) electrons. The first-order valence-corrected chi connectivity index (χ1v) is 9.92. The molecule has 0 atom stereocenters. The standard InChI is InChI=1S/C20H24Cl2N4.ClH/c1-4-10-25(11-5-2)20-17(6-3)24-19-18(23-9-12-26(19)20)15-8-7-14(21)13-16(15)22;/h7-9,12-13H,4-6,10-11H2,1-3H3;1H. The van der Waals surface area contributed by atoms with Crippen LogP contribution >= 0.6 is 35.6 Å². The molecule has 3 rings (SSSR count). The van der Waals surface area contributed by atoms with Gasteiger partial charge in [0.1, 0.15) is 11.5 Å². The summed E-state index contributed by atoms with van der Waals surface area (Å²) in [6, 6.07) is 5.48. The number of aromatic nitrogens is 3. The summed E-state index contributed by atoms with van der Waals surface area (Å²) in [4.78, 5) is 11.9. The maximum atomic E-state index is 6.44. The molecule has 1 aromatic carbocycles. The van der Waals surface area contributed by atoms with Crippen molar-refractivity contribution in [2.45, 2.75) is 40.0 Å². The van der Waals surface area contributed by atoms with E-state index in [0.29, 0.717) is 10.0 Å². The van der Waals surface area contributed by atoms with E-state index in [1.807, 2.05) is 24.5 Å². The minimum absolute atomic E-state index is 0. The summed E-state index contributed by atoms with van der Waals surface area (Å²) < 4.78 is 2.15. The fourth-order valence-electron chi connectivity index (χ4n) is 3.32. The summed E-state index contributed by atoms with van der Waals surface area (Å²) in [6.07, 6.45) is 6.86. The lowest BCUT2D eigenvalue weighted by atomic mass is 10.1. The van der Waals surface area contributed by atoms with Gasteiger partial charge in [-0.15, -0.1) is 12.4 Å². The van der Waals surface area contributed by atoms with Crippen LogP contribution in [0.25, 0.3) is 16.9 Å². The number of rotatable bonds is 7. The second kappa shape index (κ2) is 9.63. The quantitative estimate of drug-likeness (QED) is 0.443. The summed E-state index contributed by atoms with van der Waals surface area (Å²) in [6.45, 7) is 8.57. The van der Waals surface area contributed by atoms with E-state index in [1.165, 1.54) is 5.82 Å². The molecule has 0 bridgehead atoms. The van der Waals surface area contributed by atoms with E-state index in [1.54, 1.807) is 6.07 Å². The van der Waals surface area contributed by atoms with Crippen molar-refractivity contribution in [2.24, 2.45) is 0 Å². The van der Waals surface area contributed by atoms with E-state index in [9.17, 15) is 0 Å². The highest BCUT2D eigenvalue weighted by molar-refractivity contribution is 6.36. The van der Waals surface area contributed by atoms with Crippen molar-refractivity contribution >= 4 is 47.1 Å². The van der Waals surface area contributed by atoms with Gasteiger partial charge >= 0.3 is 0 Å². The van der Waals surface area contributed by atoms with Crippen molar-refractivity contribution in [1.82, 2.24) is 14.4 Å². The fourth-order valence-corrected chi connectivity index (χ4v) is 3.82. The lowest BCUT2D eigenvalue weighted by Crippen LogP contribution is -2.27. The summed E-state index contributed by atoms with van der Waals surface area (Å²) in [5.74, 6) is 1.17. The normalized spacial score (nSPS) is 10.9. The second-order valence-corrected chi connectivity index (χ2v) is 7.16. The van der Waals surface area contributed by atoms with Crippen LogP contribution in [0.1, 0.15) is 39.3 Å². The van der Waals surface area contributed by atoms with Crippen LogP contribution in [-0.4, -0.2) is 27.5 Å². The number of halogens is 3. The summed E-state index contributed by atoms with van der Waals surface area (Å²) in [5, 5.41) is 1.20. The SMILES string of the molecule is CCCN(CCC)c1c(CC)nc2c(-c3ccc(Cl)cc3Cl)nccn12.Cl. The fraction of sp³-hybridized carbons (Fsp3) is 0.400. The molecule has 0 spiro atoms. The molecule has 0 N–H and O–H groups in total. The first-order valence-electron chi connectivity index (χ1n) is 9.16. The van der Waals surface area contributed by atoms with Crippen molar-refractivity contribution in [3.63, 3.8) is 0 Å². The van der Waals surface area contributed by atoms with Crippen LogP contribution in [0, 0.1) is 0 Å². The zero-order valence-electron chi connectivity index (χ0n) is 15.9. The van der Waals surface area contributed by atoms with Gasteiger partial charge in [-0.25, -0.2) is 4.98 Å². The largest absolute Gasteiger partial charge is 0.356 e. The van der Waals surface area contributed by atoms with E-state index in [0.717, 1.165) is 55.0 Å². The number of hydrogen-bond acceptors (Lipinski definition) is 3. The molecule has 146 valence electrons. The van der Waals surface area contributed by atoms with E-state index >= 15 is 0 Å². The molecule has 2 aromatic heterocycles. The van der Waals surface area contributed by atoms with Gasteiger partial charge in [0, 0.05) is 36.1 Å². The first kappa shape index (κ1) is 21.8. The minimum atomic E-state index is 0. The molecule has 0 unspecified atom stereocenters. The molecule has 0 aliphatic heterocycles. The average molecular weight is 428 g/mol. The van der Waals surface area contributed by atoms with Crippen LogP contribution in [0.4, 0.5) is 5.82 Å². The van der Waals surface area contributed by atoms with Crippen LogP contribution in [0.2, 0.25) is 10.0 Å². The Morgan fingerprint density at radius 3 is 2.37 bits per heavy atom. The smallest absolute Gasteiger partial charge is 0.165 e. The molecule has 0 fully saturated rings. The van der Waals surface area contributed by atoms with Gasteiger partial charge in [0.2, 0.25) is 0 Å². The number of benzene rings is 1. The Labute approximate surface area is 176 Å². The van der Waals surface area contributed by atoms with Crippen molar-refractivity contribution in [3.8, 4) is 11.3 Å². The highest BCUT2D eigenvalue weighted by atomic mass is 35.5. The average Bonchev–Trinajstić information content (AvgIpc) is 3.00. The Morgan fingerprint density at radius 1 is 1.07 bits per heavy atom. The van der Waals surface area contributed by atoms with Crippen molar-refractivity contribution in [2.75, 3.05) is 18.0 Å². The molecule has 0 saturated heterocycles. The minimum Gasteiger partial charge on any atom is -0.356 e. The highest BCUT2D eigenvalue weighted by Gasteiger charge is 2.20. The third-order valence-corrected chi connectivity index (χ3v) is 4.94. The molecule has 4 nitrogen and oxygen atoms in total. The number of hydrogen-bond donors (Lipinski definition) is 0. The van der Waals surface area contributed by atoms with E-state index in [-0.39, 0.29) is 12.4 Å². The van der Waals surface area contributed by atoms with Crippen LogP contribution in [0.15, 0.2) is 30.6 Å². The molecular formula is C20H25Cl3N4. The predicted octanol–water partition coefficient (Wildman–Crippen LogP) is 6.31. The van der Waals surface area contributed by atoms with Crippen molar-refractivity contribution in [3.05, 3.63) is 46.3 Å². The Morgan fingerprint density at radius 2 is 1.78 bits per heavy atom. The monoisotopic (exact) mass is 426 g/mol. The molecule has 7 heteroatoms. The van der Waals surface area contributed by atoms with Gasteiger partial charge in [0.05, 0.1) is 10.7 Å². The Bertz CT molecular complexity index is 902. The number of fused-ring (bicyclic) bond motifs is 1. The number of nitrogens with zero attached hydrogens (tertiary/aromatic N) is 4. The first-order chi connectivity index (χ1) is 12.6. The van der Waals surface area contributed by atoms with Crippen LogP contribution in [0.3, 0.4) is 0 Å². The van der Waals surface area contributed by atoms with Crippen LogP contribution in [-0.2, 0) is 6.42 Å². The van der Waals surface area contributed by atoms with Gasteiger partial charge in [0.15, 0.2) is 5.65 Å². The van der Waals surface area contributed by atoms with Gasteiger partial charge in [-0.05, 0) is 37.5 Å². The van der Waals surface area contributed by atoms with Gasteiger partial charge in [-0.3, -0.25) is 9.38 Å². The molecule has 0 amide bonds. The van der Waals surface area contributed by atoms with Crippen LogP contribution in [0.5, 0.6) is 0 Å². The zero-order chi connectivity index (χ0) is 18.7. The van der Waals surface area contributed by atoms with E-state index in [4.69, 9.17) is 28.2 Å². The van der Waals surface area contributed by atoms with E-state index in [2.05, 4.69) is 35.1 Å². The molecule has 27 heavy (non-hydrogen) atoms. The van der Waals surface area contributed by atoms with Gasteiger partial charge < -0.3 is 4.90 Å². The topological polar surface area (TPSA) is 33.4 Å². The third-order valence-electron chi connectivity index (χ3n) is 4.39. The maximum absolute atomic E-state index is 6.44. The lowest BCUT2D eigenvalue weighted by Gasteiger charge is -2.24. The van der Waals surface area contributed by atoms with E-state index < -0.39 is 0 Å². The summed E-state index contributed by atoms with van der Waals surface area (Å²) in [7, 11) is 0. The van der Waals surface area contributed by atoms with Crippen molar-refractivity contribution < 1.29 is 0 Å². The molecular weight excluding hydrogens is 403 g/mol. The number of imidazole rings is 1. The lowest BCUT2D eigenvalue weighted by molar-refractivity contribution is 0.725. The summed E-state index contributed by atoms with van der Waals surface area (Å²) >= 11 is 12.5. The number of anilines is 1. The summed E-state index contributed by atoms with van der Waals surface area (Å²) in [5.41, 5.74) is 3.55. The Hall–Kier alpha value is -1.49. The molecule has 0 saturated carbocycles. The molecule has 3 aromatic rings. The molecule has 2 heterocycles. The third kappa shape index (κ3) is 4.34. The number of aryl methyl sites for hydroxylation is 1. The Kier molecular flexibility index (Phi) is 7.78. The second-order valence-electron chi connectivity index (χ2n) is 6.32. The van der Waals surface area contributed by atoms with Gasteiger partial charge in [-0.1, -0.05) is 44.0 Å². The Balaban J connectivity index is 0.00000261. The van der Waals surface area contributed by atoms with Crippen molar-refractivity contribution in [1.29, 1.82) is 0 Å². The van der Waals surface area contributed by atoms with Gasteiger partial charge in [-0.2, -0.15) is 0 Å². The van der Waals surface area contributed by atoms with Crippen LogP contribution < -0.4 is 4.90 Å². The highest BCUT2D eigenvalue weighted by Crippen LogP contribution is 2.33. The molecule has 0 aliphatic rings. The zero-order valence-corrected chi connectivity index (χ0v) is 18.2. The van der Waals surface area contributed by atoms with Gasteiger partial charge in [0.25, 0.3) is 0 Å². The maximum Gasteiger partial charge on any atom is 0.165 e. The molecule has 0 aliphatic carbocycles.